The van der Waals surface area contributed by atoms with Crippen LogP contribution in [0, 0.1) is 0 Å². The Morgan fingerprint density at radius 2 is 1.94 bits per heavy atom. The normalized spacial score (nSPS) is 10.3. The summed E-state index contributed by atoms with van der Waals surface area (Å²) < 4.78 is 4.87. The Morgan fingerprint density at radius 3 is 2.56 bits per heavy atom. The van der Waals surface area contributed by atoms with Gasteiger partial charge in [-0.25, -0.2) is 0 Å². The van der Waals surface area contributed by atoms with Gasteiger partial charge in [-0.3, -0.25) is 4.79 Å². The Kier molecular flexibility index (Phi) is 3.37. The molecule has 1 heterocycles. The second-order valence-electron chi connectivity index (χ2n) is 3.50. The maximum absolute atomic E-state index is 11.6. The van der Waals surface area contributed by atoms with Gasteiger partial charge in [-0.05, 0) is 17.7 Å². The zero-order valence-electron chi connectivity index (χ0n) is 8.52. The van der Waals surface area contributed by atoms with Gasteiger partial charge in [0.15, 0.2) is 0 Å². The quantitative estimate of drug-likeness (QED) is 0.818. The summed E-state index contributed by atoms with van der Waals surface area (Å²) in [6.07, 6.45) is 2.20. The minimum atomic E-state index is 0.0964. The van der Waals surface area contributed by atoms with Crippen LogP contribution in [0.5, 0.6) is 0 Å². The SMILES string of the molecule is O=C(Cc1ccc(Cl)cc1)Cc1ccno1. The van der Waals surface area contributed by atoms with Crippen molar-refractivity contribution in [1.29, 1.82) is 0 Å². The van der Waals surface area contributed by atoms with Crippen LogP contribution in [-0.4, -0.2) is 10.9 Å². The first kappa shape index (κ1) is 10.9. The fourth-order valence-electron chi connectivity index (χ4n) is 1.42. The Labute approximate surface area is 98.0 Å². The highest BCUT2D eigenvalue weighted by Gasteiger charge is 2.07. The molecule has 2 aromatic rings. The van der Waals surface area contributed by atoms with E-state index in [0.717, 1.165) is 5.56 Å². The van der Waals surface area contributed by atoms with E-state index in [2.05, 4.69) is 5.16 Å². The van der Waals surface area contributed by atoms with E-state index in [0.29, 0.717) is 17.2 Å². The predicted molar refractivity (Wildman–Crippen MR) is 60.4 cm³/mol. The standard InChI is InChI=1S/C12H10ClNO2/c13-10-3-1-9(2-4-10)7-11(15)8-12-5-6-14-16-12/h1-6H,7-8H2. The first-order chi connectivity index (χ1) is 7.74. The molecule has 0 radical (unpaired) electrons. The summed E-state index contributed by atoms with van der Waals surface area (Å²) in [5.41, 5.74) is 0.953. The van der Waals surface area contributed by atoms with Crippen molar-refractivity contribution in [2.45, 2.75) is 12.8 Å². The molecule has 1 aromatic heterocycles. The molecule has 0 saturated carbocycles. The van der Waals surface area contributed by atoms with E-state index >= 15 is 0 Å². The van der Waals surface area contributed by atoms with Crippen LogP contribution < -0.4 is 0 Å². The van der Waals surface area contributed by atoms with Gasteiger partial charge >= 0.3 is 0 Å². The third-order valence-corrected chi connectivity index (χ3v) is 2.43. The van der Waals surface area contributed by atoms with E-state index in [1.54, 1.807) is 18.2 Å². The molecule has 4 heteroatoms. The number of hydrogen-bond donors (Lipinski definition) is 0. The first-order valence-corrected chi connectivity index (χ1v) is 5.27. The Morgan fingerprint density at radius 1 is 1.19 bits per heavy atom. The molecule has 0 aliphatic rings. The third kappa shape index (κ3) is 2.94. The average molecular weight is 236 g/mol. The zero-order chi connectivity index (χ0) is 11.4. The van der Waals surface area contributed by atoms with Crippen molar-refractivity contribution in [3.8, 4) is 0 Å². The monoisotopic (exact) mass is 235 g/mol. The van der Waals surface area contributed by atoms with Crippen LogP contribution in [0.1, 0.15) is 11.3 Å². The molecular weight excluding hydrogens is 226 g/mol. The summed E-state index contributed by atoms with van der Waals surface area (Å²) >= 11 is 5.76. The van der Waals surface area contributed by atoms with Crippen molar-refractivity contribution in [3.05, 3.63) is 52.9 Å². The van der Waals surface area contributed by atoms with Crippen molar-refractivity contribution in [1.82, 2.24) is 5.16 Å². The fourth-order valence-corrected chi connectivity index (χ4v) is 1.55. The Bertz CT molecular complexity index is 462. The van der Waals surface area contributed by atoms with Crippen LogP contribution in [0.3, 0.4) is 0 Å². The lowest BCUT2D eigenvalue weighted by molar-refractivity contribution is -0.118. The van der Waals surface area contributed by atoms with Crippen molar-refractivity contribution >= 4 is 17.4 Å². The number of carbonyl (C=O) groups is 1. The molecule has 0 bridgehead atoms. The van der Waals surface area contributed by atoms with Crippen LogP contribution >= 0.6 is 11.6 Å². The predicted octanol–water partition coefficient (Wildman–Crippen LogP) is 2.68. The molecule has 16 heavy (non-hydrogen) atoms. The van der Waals surface area contributed by atoms with Gasteiger partial charge in [0.05, 0.1) is 12.6 Å². The van der Waals surface area contributed by atoms with Crippen LogP contribution in [-0.2, 0) is 17.6 Å². The number of benzene rings is 1. The van der Waals surface area contributed by atoms with E-state index in [1.807, 2.05) is 12.1 Å². The molecule has 0 N–H and O–H groups in total. The molecule has 0 unspecified atom stereocenters. The summed E-state index contributed by atoms with van der Waals surface area (Å²) in [6, 6.07) is 8.94. The van der Waals surface area contributed by atoms with Crippen molar-refractivity contribution in [2.24, 2.45) is 0 Å². The molecule has 2 rings (SSSR count). The Balaban J connectivity index is 1.95. The molecule has 0 aliphatic carbocycles. The first-order valence-electron chi connectivity index (χ1n) is 4.90. The maximum atomic E-state index is 11.6. The highest BCUT2D eigenvalue weighted by Crippen LogP contribution is 2.11. The van der Waals surface area contributed by atoms with E-state index in [4.69, 9.17) is 16.1 Å². The van der Waals surface area contributed by atoms with Crippen LogP contribution in [0.15, 0.2) is 41.1 Å². The van der Waals surface area contributed by atoms with Gasteiger partial charge < -0.3 is 4.52 Å². The van der Waals surface area contributed by atoms with Crippen LogP contribution in [0.4, 0.5) is 0 Å². The van der Waals surface area contributed by atoms with E-state index < -0.39 is 0 Å². The van der Waals surface area contributed by atoms with Crippen molar-refractivity contribution < 1.29 is 9.32 Å². The van der Waals surface area contributed by atoms with Crippen LogP contribution in [0.25, 0.3) is 0 Å². The lowest BCUT2D eigenvalue weighted by atomic mass is 10.1. The minimum absolute atomic E-state index is 0.0964. The smallest absolute Gasteiger partial charge is 0.144 e. The molecule has 0 atom stereocenters. The van der Waals surface area contributed by atoms with Crippen molar-refractivity contribution in [3.63, 3.8) is 0 Å². The number of nitrogens with zero attached hydrogens (tertiary/aromatic N) is 1. The average Bonchev–Trinajstić information content (AvgIpc) is 2.74. The van der Waals surface area contributed by atoms with Gasteiger partial charge in [0.25, 0.3) is 0 Å². The summed E-state index contributed by atoms with van der Waals surface area (Å²) in [7, 11) is 0. The number of aromatic nitrogens is 1. The summed E-state index contributed by atoms with van der Waals surface area (Å²) in [6.45, 7) is 0. The number of carbonyl (C=O) groups excluding carboxylic acids is 1. The second kappa shape index (κ2) is 4.94. The van der Waals surface area contributed by atoms with Gasteiger partial charge in [0.1, 0.15) is 11.5 Å². The molecule has 82 valence electrons. The summed E-state index contributed by atoms with van der Waals surface area (Å²) in [5.74, 6) is 0.693. The fraction of sp³-hybridized carbons (Fsp3) is 0.167. The van der Waals surface area contributed by atoms with E-state index in [9.17, 15) is 4.79 Å². The molecule has 1 aromatic carbocycles. The molecule has 0 fully saturated rings. The molecule has 0 saturated heterocycles. The lowest BCUT2D eigenvalue weighted by Gasteiger charge is -1.99. The third-order valence-electron chi connectivity index (χ3n) is 2.18. The zero-order valence-corrected chi connectivity index (χ0v) is 9.28. The largest absolute Gasteiger partial charge is 0.361 e. The highest BCUT2D eigenvalue weighted by molar-refractivity contribution is 6.30. The molecule has 0 spiro atoms. The van der Waals surface area contributed by atoms with Gasteiger partial charge in [-0.15, -0.1) is 0 Å². The van der Waals surface area contributed by atoms with E-state index in [-0.39, 0.29) is 12.2 Å². The topological polar surface area (TPSA) is 43.1 Å². The van der Waals surface area contributed by atoms with Gasteiger partial charge in [-0.2, -0.15) is 0 Å². The molecule has 3 nitrogen and oxygen atoms in total. The molecular formula is C12H10ClNO2. The van der Waals surface area contributed by atoms with Gasteiger partial charge in [0.2, 0.25) is 0 Å². The number of hydrogen-bond acceptors (Lipinski definition) is 3. The van der Waals surface area contributed by atoms with Gasteiger partial charge in [-0.1, -0.05) is 28.9 Å². The number of ketones is 1. The van der Waals surface area contributed by atoms with Crippen LogP contribution in [0.2, 0.25) is 5.02 Å². The summed E-state index contributed by atoms with van der Waals surface area (Å²) in [4.78, 5) is 11.6. The maximum Gasteiger partial charge on any atom is 0.144 e. The molecule has 0 amide bonds. The lowest BCUT2D eigenvalue weighted by Crippen LogP contribution is -2.05. The number of rotatable bonds is 4. The second-order valence-corrected chi connectivity index (χ2v) is 3.93. The summed E-state index contributed by atoms with van der Waals surface area (Å²) in [5, 5.41) is 4.22. The molecule has 0 aliphatic heterocycles. The number of halogens is 1. The van der Waals surface area contributed by atoms with Crippen molar-refractivity contribution in [2.75, 3.05) is 0 Å². The number of Topliss-reactive ketones (excluding diaryl/α,β-unsaturated/α-hetero) is 1. The Hall–Kier alpha value is -1.61. The van der Waals surface area contributed by atoms with Gasteiger partial charge in [0, 0.05) is 17.5 Å². The van der Waals surface area contributed by atoms with E-state index in [1.165, 1.54) is 6.20 Å². The minimum Gasteiger partial charge on any atom is -0.361 e. The highest BCUT2D eigenvalue weighted by atomic mass is 35.5.